The van der Waals surface area contributed by atoms with Crippen molar-refractivity contribution in [2.45, 2.75) is 51.6 Å². The Morgan fingerprint density at radius 2 is 1.82 bits per heavy atom. The third kappa shape index (κ3) is 6.07. The number of aromatic amines is 1. The summed E-state index contributed by atoms with van der Waals surface area (Å²) in [6.07, 6.45) is -4.38. The van der Waals surface area contributed by atoms with Crippen LogP contribution in [0.3, 0.4) is 0 Å². The molecule has 0 saturated heterocycles. The van der Waals surface area contributed by atoms with E-state index in [9.17, 15) is 31.5 Å². The first kappa shape index (κ1) is 27.4. The maximum Gasteiger partial charge on any atom is 0.417 e. The van der Waals surface area contributed by atoms with Crippen LogP contribution in [0, 0.1) is 23.4 Å². The second-order valence-corrected chi connectivity index (χ2v) is 8.95. The fraction of sp³-hybridized carbons (Fsp3) is 0.346. The minimum atomic E-state index is -4.92. The Morgan fingerprint density at radius 1 is 1.11 bits per heavy atom. The van der Waals surface area contributed by atoms with Gasteiger partial charge in [-0.05, 0) is 31.4 Å². The third-order valence-corrected chi connectivity index (χ3v) is 6.33. The van der Waals surface area contributed by atoms with Gasteiger partial charge in [0.1, 0.15) is 23.3 Å². The minimum Gasteiger partial charge on any atom is -0.373 e. The number of halogens is 6. The van der Waals surface area contributed by atoms with Gasteiger partial charge in [-0.25, -0.2) is 18.2 Å². The number of carbonyl (C=O) groups is 1. The van der Waals surface area contributed by atoms with Gasteiger partial charge in [-0.2, -0.15) is 13.2 Å². The number of carbonyl (C=O) groups excluding carboxylic acids is 1. The minimum absolute atomic E-state index is 0.0972. The highest BCUT2D eigenvalue weighted by atomic mass is 19.4. The van der Waals surface area contributed by atoms with Crippen molar-refractivity contribution in [3.8, 4) is 11.4 Å². The predicted molar refractivity (Wildman–Crippen MR) is 124 cm³/mol. The van der Waals surface area contributed by atoms with E-state index in [2.05, 4.69) is 15.3 Å². The van der Waals surface area contributed by atoms with E-state index in [0.717, 1.165) is 24.3 Å². The van der Waals surface area contributed by atoms with E-state index in [4.69, 9.17) is 4.74 Å². The van der Waals surface area contributed by atoms with Crippen LogP contribution in [-0.4, -0.2) is 22.0 Å². The van der Waals surface area contributed by atoms with Crippen molar-refractivity contribution < 1.29 is 35.9 Å². The molecular weight excluding hydrogens is 516 g/mol. The van der Waals surface area contributed by atoms with Crippen LogP contribution in [0.2, 0.25) is 0 Å². The third-order valence-electron chi connectivity index (χ3n) is 6.33. The summed E-state index contributed by atoms with van der Waals surface area (Å²) in [5.74, 6) is -4.18. The maximum absolute atomic E-state index is 15.4. The Kier molecular flexibility index (Phi) is 7.91. The standard InChI is InChI=1S/C26H23F6N3O3/c1-2-17-10-21(36)35-24(34-17)22-19(26(30,31)32)6-4-13(23(22)29)11-33-25(37)15-7-18(8-15)38-12-14-3-5-16(27)9-20(14)28/h3-6,9-10,15,18H,2,7-8,11-12H2,1H3,(H,33,37)(H,34,35,36). The van der Waals surface area contributed by atoms with E-state index in [1.807, 2.05) is 0 Å². The van der Waals surface area contributed by atoms with Gasteiger partial charge in [-0.1, -0.05) is 19.1 Å². The van der Waals surface area contributed by atoms with Crippen molar-refractivity contribution in [1.29, 1.82) is 0 Å². The predicted octanol–water partition coefficient (Wildman–Crippen LogP) is 5.05. The zero-order valence-electron chi connectivity index (χ0n) is 20.1. The molecular formula is C26H23F6N3O3. The van der Waals surface area contributed by atoms with E-state index in [1.165, 1.54) is 6.07 Å². The average molecular weight is 539 g/mol. The molecule has 38 heavy (non-hydrogen) atoms. The molecule has 0 atom stereocenters. The normalized spacial score (nSPS) is 17.2. The van der Waals surface area contributed by atoms with Crippen LogP contribution < -0.4 is 10.9 Å². The summed E-state index contributed by atoms with van der Waals surface area (Å²) in [5.41, 5.74) is -2.78. The molecule has 2 aromatic carbocycles. The number of rotatable bonds is 8. The highest BCUT2D eigenvalue weighted by Crippen LogP contribution is 2.38. The molecule has 1 amide bonds. The van der Waals surface area contributed by atoms with Crippen LogP contribution >= 0.6 is 0 Å². The second kappa shape index (κ2) is 11.0. The summed E-state index contributed by atoms with van der Waals surface area (Å²) >= 11 is 0. The number of hydrogen-bond acceptors (Lipinski definition) is 4. The summed E-state index contributed by atoms with van der Waals surface area (Å²) < 4.78 is 88.5. The Labute approximate surface area is 213 Å². The molecule has 1 aliphatic rings. The number of H-pyrrole nitrogens is 1. The van der Waals surface area contributed by atoms with Crippen molar-refractivity contribution in [2.24, 2.45) is 5.92 Å². The van der Waals surface area contributed by atoms with E-state index < -0.39 is 64.5 Å². The van der Waals surface area contributed by atoms with E-state index >= 15 is 4.39 Å². The lowest BCUT2D eigenvalue weighted by Gasteiger charge is -2.34. The van der Waals surface area contributed by atoms with Gasteiger partial charge in [0.25, 0.3) is 5.56 Å². The van der Waals surface area contributed by atoms with Gasteiger partial charge in [0.15, 0.2) is 0 Å². The molecule has 1 heterocycles. The molecule has 1 aromatic heterocycles. The molecule has 0 aliphatic heterocycles. The summed E-state index contributed by atoms with van der Waals surface area (Å²) in [7, 11) is 0. The van der Waals surface area contributed by atoms with E-state index in [0.29, 0.717) is 18.9 Å². The van der Waals surface area contributed by atoms with Gasteiger partial charge in [0.05, 0.1) is 23.8 Å². The molecule has 0 radical (unpaired) electrons. The summed E-state index contributed by atoms with van der Waals surface area (Å²) in [6.45, 7) is 1.16. The van der Waals surface area contributed by atoms with Crippen molar-refractivity contribution >= 4 is 5.91 Å². The average Bonchev–Trinajstić information content (AvgIpc) is 2.82. The van der Waals surface area contributed by atoms with Crippen LogP contribution in [0.15, 0.2) is 41.2 Å². The zero-order chi connectivity index (χ0) is 27.6. The van der Waals surface area contributed by atoms with Crippen molar-refractivity contribution in [3.63, 3.8) is 0 Å². The smallest absolute Gasteiger partial charge is 0.373 e. The molecule has 0 bridgehead atoms. The molecule has 6 nitrogen and oxygen atoms in total. The Hall–Kier alpha value is -3.67. The fourth-order valence-electron chi connectivity index (χ4n) is 4.12. The number of alkyl halides is 3. The van der Waals surface area contributed by atoms with Crippen molar-refractivity contribution in [3.05, 3.63) is 86.6 Å². The molecule has 1 saturated carbocycles. The number of amides is 1. The van der Waals surface area contributed by atoms with Crippen LogP contribution in [0.5, 0.6) is 0 Å². The Balaban J connectivity index is 1.42. The van der Waals surface area contributed by atoms with Crippen molar-refractivity contribution in [2.75, 3.05) is 0 Å². The topological polar surface area (TPSA) is 84.1 Å². The summed E-state index contributed by atoms with van der Waals surface area (Å²) in [6, 6.07) is 5.84. The fourth-order valence-corrected chi connectivity index (χ4v) is 4.12. The summed E-state index contributed by atoms with van der Waals surface area (Å²) in [5, 5.41) is 2.51. The quantitative estimate of drug-likeness (QED) is 0.393. The van der Waals surface area contributed by atoms with Gasteiger partial charge in [-0.15, -0.1) is 0 Å². The summed E-state index contributed by atoms with van der Waals surface area (Å²) in [4.78, 5) is 30.5. The van der Waals surface area contributed by atoms with Gasteiger partial charge >= 0.3 is 6.18 Å². The van der Waals surface area contributed by atoms with E-state index in [-0.39, 0.29) is 36.0 Å². The number of nitrogens with one attached hydrogen (secondary N) is 2. The molecule has 202 valence electrons. The molecule has 12 heteroatoms. The van der Waals surface area contributed by atoms with Gasteiger partial charge in [0.2, 0.25) is 5.91 Å². The molecule has 2 N–H and O–H groups in total. The number of ether oxygens (including phenoxy) is 1. The first-order chi connectivity index (χ1) is 18.0. The Bertz CT molecular complexity index is 1400. The first-order valence-corrected chi connectivity index (χ1v) is 11.8. The number of nitrogens with zero attached hydrogens (tertiary/aromatic N) is 1. The Morgan fingerprint density at radius 3 is 2.47 bits per heavy atom. The monoisotopic (exact) mass is 539 g/mol. The largest absolute Gasteiger partial charge is 0.417 e. The van der Waals surface area contributed by atoms with Crippen molar-refractivity contribution in [1.82, 2.24) is 15.3 Å². The number of aromatic nitrogens is 2. The van der Waals surface area contributed by atoms with Crippen LogP contribution in [-0.2, 0) is 35.3 Å². The molecule has 4 rings (SSSR count). The second-order valence-electron chi connectivity index (χ2n) is 8.95. The molecule has 3 aromatic rings. The zero-order valence-corrected chi connectivity index (χ0v) is 20.1. The number of aryl methyl sites for hydroxylation is 1. The van der Waals surface area contributed by atoms with Gasteiger partial charge < -0.3 is 15.0 Å². The van der Waals surface area contributed by atoms with Crippen LogP contribution in [0.25, 0.3) is 11.4 Å². The lowest BCUT2D eigenvalue weighted by molar-refractivity contribution is -0.137. The first-order valence-electron chi connectivity index (χ1n) is 11.8. The molecule has 1 aliphatic carbocycles. The van der Waals surface area contributed by atoms with Gasteiger partial charge in [0, 0.05) is 41.4 Å². The SMILES string of the molecule is CCc1cc(=O)[nH]c(-c2c(C(F)(F)F)ccc(CNC(=O)C3CC(OCc4ccc(F)cc4F)C3)c2F)n1. The molecule has 1 fully saturated rings. The maximum atomic E-state index is 15.4. The molecule has 0 spiro atoms. The number of benzene rings is 2. The van der Waals surface area contributed by atoms with E-state index in [1.54, 1.807) is 6.92 Å². The highest BCUT2D eigenvalue weighted by molar-refractivity contribution is 5.79. The lowest BCUT2D eigenvalue weighted by Crippen LogP contribution is -2.42. The van der Waals surface area contributed by atoms with Crippen LogP contribution in [0.1, 0.15) is 42.1 Å². The number of hydrogen-bond donors (Lipinski definition) is 2. The molecule has 0 unspecified atom stereocenters. The van der Waals surface area contributed by atoms with Gasteiger partial charge in [-0.3, -0.25) is 9.59 Å². The highest BCUT2D eigenvalue weighted by Gasteiger charge is 2.38. The lowest BCUT2D eigenvalue weighted by atomic mass is 9.81. The van der Waals surface area contributed by atoms with Crippen LogP contribution in [0.4, 0.5) is 26.3 Å².